The van der Waals surface area contributed by atoms with Crippen LogP contribution in [0.5, 0.6) is 0 Å². The largest absolute Gasteiger partial charge is 0.294 e. The SMILES string of the molecule is Cc1nc2cc3ccc(F)cc3n2c2ccccc12. The van der Waals surface area contributed by atoms with Crippen molar-refractivity contribution < 1.29 is 4.39 Å². The highest BCUT2D eigenvalue weighted by molar-refractivity contribution is 5.93. The Morgan fingerprint density at radius 3 is 2.74 bits per heavy atom. The van der Waals surface area contributed by atoms with Crippen LogP contribution in [0.15, 0.2) is 48.5 Å². The van der Waals surface area contributed by atoms with E-state index in [4.69, 9.17) is 0 Å². The first-order valence-electron chi connectivity index (χ1n) is 6.20. The van der Waals surface area contributed by atoms with Crippen molar-refractivity contribution in [2.24, 2.45) is 0 Å². The molecule has 0 spiro atoms. The molecule has 2 aromatic carbocycles. The lowest BCUT2D eigenvalue weighted by Crippen LogP contribution is -1.94. The molecule has 0 aliphatic carbocycles. The van der Waals surface area contributed by atoms with Crippen LogP contribution in [0.3, 0.4) is 0 Å². The van der Waals surface area contributed by atoms with E-state index in [9.17, 15) is 4.39 Å². The van der Waals surface area contributed by atoms with Gasteiger partial charge < -0.3 is 0 Å². The zero-order valence-electron chi connectivity index (χ0n) is 10.4. The second-order valence-corrected chi connectivity index (χ2v) is 4.76. The number of para-hydroxylation sites is 1. The van der Waals surface area contributed by atoms with Crippen LogP contribution in [0.4, 0.5) is 4.39 Å². The van der Waals surface area contributed by atoms with Crippen LogP contribution in [0.2, 0.25) is 0 Å². The molecule has 4 aromatic rings. The number of hydrogen-bond donors (Lipinski definition) is 0. The fourth-order valence-corrected chi connectivity index (χ4v) is 2.70. The van der Waals surface area contributed by atoms with E-state index < -0.39 is 0 Å². The van der Waals surface area contributed by atoms with E-state index in [1.165, 1.54) is 6.07 Å². The maximum atomic E-state index is 13.5. The highest BCUT2D eigenvalue weighted by Gasteiger charge is 2.09. The van der Waals surface area contributed by atoms with Crippen LogP contribution in [0.25, 0.3) is 27.5 Å². The summed E-state index contributed by atoms with van der Waals surface area (Å²) in [7, 11) is 0. The second-order valence-electron chi connectivity index (χ2n) is 4.76. The molecule has 0 atom stereocenters. The van der Waals surface area contributed by atoms with Gasteiger partial charge in [-0.2, -0.15) is 0 Å². The Hall–Kier alpha value is -2.42. The lowest BCUT2D eigenvalue weighted by atomic mass is 10.2. The van der Waals surface area contributed by atoms with Crippen molar-refractivity contribution in [1.29, 1.82) is 0 Å². The molecule has 0 saturated carbocycles. The summed E-state index contributed by atoms with van der Waals surface area (Å²) in [4.78, 5) is 4.61. The monoisotopic (exact) mass is 250 g/mol. The molecular formula is C16H11FN2. The van der Waals surface area contributed by atoms with Crippen molar-refractivity contribution in [3.63, 3.8) is 0 Å². The summed E-state index contributed by atoms with van der Waals surface area (Å²) in [5.74, 6) is -0.225. The smallest absolute Gasteiger partial charge is 0.138 e. The molecule has 0 fully saturated rings. The van der Waals surface area contributed by atoms with Gasteiger partial charge in [0.2, 0.25) is 0 Å². The Labute approximate surface area is 109 Å². The van der Waals surface area contributed by atoms with Crippen molar-refractivity contribution in [1.82, 2.24) is 9.38 Å². The van der Waals surface area contributed by atoms with Gasteiger partial charge in [0.05, 0.1) is 11.0 Å². The van der Waals surface area contributed by atoms with Crippen molar-refractivity contribution in [3.8, 4) is 0 Å². The summed E-state index contributed by atoms with van der Waals surface area (Å²) in [6, 6.07) is 14.9. The van der Waals surface area contributed by atoms with Gasteiger partial charge in [-0.1, -0.05) is 18.2 Å². The highest BCUT2D eigenvalue weighted by atomic mass is 19.1. The summed E-state index contributed by atoms with van der Waals surface area (Å²) in [6.07, 6.45) is 0. The molecule has 3 heteroatoms. The van der Waals surface area contributed by atoms with E-state index in [1.54, 1.807) is 12.1 Å². The Balaban J connectivity index is 2.36. The third-order valence-corrected chi connectivity index (χ3v) is 3.56. The highest BCUT2D eigenvalue weighted by Crippen LogP contribution is 2.26. The van der Waals surface area contributed by atoms with E-state index in [1.807, 2.05) is 41.7 Å². The van der Waals surface area contributed by atoms with Gasteiger partial charge >= 0.3 is 0 Å². The van der Waals surface area contributed by atoms with Gasteiger partial charge in [0, 0.05) is 16.5 Å². The molecular weight excluding hydrogens is 239 g/mol. The molecule has 0 amide bonds. The van der Waals surface area contributed by atoms with Crippen LogP contribution in [0.1, 0.15) is 5.69 Å². The second kappa shape index (κ2) is 3.54. The number of nitrogens with zero attached hydrogens (tertiary/aromatic N) is 2. The number of fused-ring (bicyclic) bond motifs is 5. The Kier molecular flexibility index (Phi) is 1.96. The van der Waals surface area contributed by atoms with Crippen LogP contribution in [-0.2, 0) is 0 Å². The van der Waals surface area contributed by atoms with Gasteiger partial charge in [-0.05, 0) is 37.3 Å². The fraction of sp³-hybridized carbons (Fsp3) is 0.0625. The molecule has 0 unspecified atom stereocenters. The van der Waals surface area contributed by atoms with Crippen molar-refractivity contribution >= 4 is 27.5 Å². The summed E-state index contributed by atoms with van der Waals surface area (Å²) < 4.78 is 15.5. The summed E-state index contributed by atoms with van der Waals surface area (Å²) >= 11 is 0. The minimum Gasteiger partial charge on any atom is -0.294 e. The molecule has 2 heterocycles. The molecule has 2 aromatic heterocycles. The maximum Gasteiger partial charge on any atom is 0.138 e. The number of aryl methyl sites for hydroxylation is 1. The van der Waals surface area contributed by atoms with Crippen molar-refractivity contribution in [2.75, 3.05) is 0 Å². The quantitative estimate of drug-likeness (QED) is 0.459. The molecule has 0 N–H and O–H groups in total. The van der Waals surface area contributed by atoms with E-state index in [0.717, 1.165) is 33.1 Å². The van der Waals surface area contributed by atoms with Crippen LogP contribution in [0, 0.1) is 12.7 Å². The van der Waals surface area contributed by atoms with E-state index in [0.29, 0.717) is 0 Å². The van der Waals surface area contributed by atoms with E-state index in [2.05, 4.69) is 4.98 Å². The number of rotatable bonds is 0. The predicted octanol–water partition coefficient (Wildman–Crippen LogP) is 4.09. The molecule has 0 aliphatic rings. The normalized spacial score (nSPS) is 11.7. The zero-order chi connectivity index (χ0) is 13.0. The lowest BCUT2D eigenvalue weighted by molar-refractivity contribution is 0.629. The van der Waals surface area contributed by atoms with Gasteiger partial charge in [-0.15, -0.1) is 0 Å². The number of halogens is 1. The first kappa shape index (κ1) is 10.5. The van der Waals surface area contributed by atoms with Crippen LogP contribution >= 0.6 is 0 Å². The fourth-order valence-electron chi connectivity index (χ4n) is 2.70. The number of hydrogen-bond acceptors (Lipinski definition) is 1. The predicted molar refractivity (Wildman–Crippen MR) is 74.9 cm³/mol. The average Bonchev–Trinajstić information content (AvgIpc) is 2.76. The number of aromatic nitrogens is 2. The molecule has 0 bridgehead atoms. The molecule has 2 nitrogen and oxygen atoms in total. The van der Waals surface area contributed by atoms with Crippen LogP contribution in [-0.4, -0.2) is 9.38 Å². The topological polar surface area (TPSA) is 17.3 Å². The van der Waals surface area contributed by atoms with Crippen molar-refractivity contribution in [3.05, 3.63) is 60.0 Å². The van der Waals surface area contributed by atoms with E-state index >= 15 is 0 Å². The molecule has 92 valence electrons. The standard InChI is InChI=1S/C16H11FN2/c1-10-13-4-2-3-5-14(13)19-15-9-12(17)7-6-11(15)8-16(19)18-10/h2-9H,1H3. The molecule has 4 rings (SSSR count). The molecule has 0 radical (unpaired) electrons. The average molecular weight is 250 g/mol. The maximum absolute atomic E-state index is 13.5. The summed E-state index contributed by atoms with van der Waals surface area (Å²) in [5, 5.41) is 2.10. The van der Waals surface area contributed by atoms with Crippen molar-refractivity contribution in [2.45, 2.75) is 6.92 Å². The van der Waals surface area contributed by atoms with Gasteiger partial charge in [0.15, 0.2) is 0 Å². The minimum atomic E-state index is -0.225. The third-order valence-electron chi connectivity index (χ3n) is 3.56. The summed E-state index contributed by atoms with van der Waals surface area (Å²) in [5.41, 5.74) is 3.77. The third kappa shape index (κ3) is 1.38. The first-order chi connectivity index (χ1) is 9.24. The minimum absolute atomic E-state index is 0.225. The molecule has 19 heavy (non-hydrogen) atoms. The Bertz CT molecular complexity index is 938. The van der Waals surface area contributed by atoms with Gasteiger partial charge in [0.1, 0.15) is 11.5 Å². The number of benzene rings is 2. The van der Waals surface area contributed by atoms with Gasteiger partial charge in [-0.25, -0.2) is 9.37 Å². The van der Waals surface area contributed by atoms with Gasteiger partial charge in [0.25, 0.3) is 0 Å². The zero-order valence-corrected chi connectivity index (χ0v) is 10.4. The lowest BCUT2D eigenvalue weighted by Gasteiger charge is -2.06. The van der Waals surface area contributed by atoms with E-state index in [-0.39, 0.29) is 5.82 Å². The first-order valence-corrected chi connectivity index (χ1v) is 6.20. The molecule has 0 saturated heterocycles. The van der Waals surface area contributed by atoms with Crippen LogP contribution < -0.4 is 0 Å². The molecule has 0 aliphatic heterocycles. The Morgan fingerprint density at radius 1 is 1.00 bits per heavy atom. The Morgan fingerprint density at radius 2 is 1.84 bits per heavy atom. The van der Waals surface area contributed by atoms with Gasteiger partial charge in [-0.3, -0.25) is 4.40 Å². The summed E-state index contributed by atoms with van der Waals surface area (Å²) in [6.45, 7) is 2.00.